The lowest BCUT2D eigenvalue weighted by Gasteiger charge is -2.06. The van der Waals surface area contributed by atoms with Gasteiger partial charge in [-0.3, -0.25) is 0 Å². The minimum absolute atomic E-state index is 0.631. The maximum Gasteiger partial charge on any atom is 0.253 e. The summed E-state index contributed by atoms with van der Waals surface area (Å²) in [5.41, 5.74) is 1.71. The zero-order valence-electron chi connectivity index (χ0n) is 10.7. The smallest absolute Gasteiger partial charge is 0.253 e. The lowest BCUT2D eigenvalue weighted by Crippen LogP contribution is -2.10. The Kier molecular flexibility index (Phi) is 6.81. The van der Waals surface area contributed by atoms with Crippen molar-refractivity contribution in [3.05, 3.63) is 12.3 Å². The van der Waals surface area contributed by atoms with Gasteiger partial charge in [-0.25, -0.2) is 0 Å². The van der Waals surface area contributed by atoms with E-state index in [1.807, 2.05) is 7.05 Å². The molecule has 0 unspecified atom stereocenters. The number of ether oxygens (including phenoxy) is 1. The largest absolute Gasteiger partial charge is 0.475 e. The molecule has 17 heavy (non-hydrogen) atoms. The lowest BCUT2D eigenvalue weighted by atomic mass is 10.2. The molecule has 1 aromatic heterocycles. The van der Waals surface area contributed by atoms with Crippen LogP contribution in [-0.4, -0.2) is 28.9 Å². The molecule has 0 aliphatic rings. The molecule has 0 aliphatic carbocycles. The average Bonchev–Trinajstić information content (AvgIpc) is 2.77. The van der Waals surface area contributed by atoms with Gasteiger partial charge in [0, 0.05) is 6.54 Å². The summed E-state index contributed by atoms with van der Waals surface area (Å²) in [6.45, 7) is 7.59. The van der Waals surface area contributed by atoms with Gasteiger partial charge in [0.2, 0.25) is 0 Å². The van der Waals surface area contributed by atoms with Crippen molar-refractivity contribution in [3.8, 4) is 5.88 Å². The van der Waals surface area contributed by atoms with Gasteiger partial charge in [-0.2, -0.15) is 4.37 Å². The predicted molar refractivity (Wildman–Crippen MR) is 72.5 cm³/mol. The highest BCUT2D eigenvalue weighted by Crippen LogP contribution is 2.22. The third-order valence-corrected chi connectivity index (χ3v) is 2.93. The Morgan fingerprint density at radius 2 is 2.18 bits per heavy atom. The van der Waals surface area contributed by atoms with Crippen LogP contribution < -0.4 is 10.1 Å². The highest BCUT2D eigenvalue weighted by molar-refractivity contribution is 6.99. The fourth-order valence-electron chi connectivity index (χ4n) is 1.49. The first kappa shape index (κ1) is 14.1. The maximum absolute atomic E-state index is 5.64. The molecule has 1 aromatic rings. The fourth-order valence-corrected chi connectivity index (χ4v) is 2.03. The number of hydrogen-bond acceptors (Lipinski definition) is 5. The predicted octanol–water partition coefficient (Wildman–Crippen LogP) is 2.73. The quantitative estimate of drug-likeness (QED) is 0.689. The standard InChI is InChI=1S/C12H21N3OS/c1-4-5-6-7-8-16-12-11(14-17-15-12)10(2)9-13-3/h13H,2,4-9H2,1,3H3. The first-order chi connectivity index (χ1) is 8.29. The summed E-state index contributed by atoms with van der Waals surface area (Å²) in [6.07, 6.45) is 4.78. The Bertz CT molecular complexity index is 338. The molecular formula is C12H21N3OS. The highest BCUT2D eigenvalue weighted by atomic mass is 32.1. The minimum Gasteiger partial charge on any atom is -0.475 e. The summed E-state index contributed by atoms with van der Waals surface area (Å²) >= 11 is 1.18. The van der Waals surface area contributed by atoms with Gasteiger partial charge in [0.05, 0.1) is 18.3 Å². The average molecular weight is 255 g/mol. The van der Waals surface area contributed by atoms with Crippen LogP contribution in [0.4, 0.5) is 0 Å². The van der Waals surface area contributed by atoms with E-state index >= 15 is 0 Å². The van der Waals surface area contributed by atoms with Crippen molar-refractivity contribution in [3.63, 3.8) is 0 Å². The first-order valence-corrected chi connectivity index (χ1v) is 6.80. The van der Waals surface area contributed by atoms with E-state index < -0.39 is 0 Å². The Morgan fingerprint density at radius 1 is 1.35 bits per heavy atom. The second kappa shape index (κ2) is 8.20. The zero-order valence-corrected chi connectivity index (χ0v) is 11.5. The molecule has 0 aromatic carbocycles. The highest BCUT2D eigenvalue weighted by Gasteiger charge is 2.11. The minimum atomic E-state index is 0.631. The van der Waals surface area contributed by atoms with Crippen LogP contribution in [0.25, 0.3) is 5.57 Å². The fraction of sp³-hybridized carbons (Fsp3) is 0.667. The SMILES string of the molecule is C=C(CNC)c1nsnc1OCCCCCC. The molecule has 0 amide bonds. The molecule has 0 fully saturated rings. The monoisotopic (exact) mass is 255 g/mol. The molecule has 0 radical (unpaired) electrons. The third-order valence-electron chi connectivity index (χ3n) is 2.42. The number of likely N-dealkylation sites (N-methyl/N-ethyl adjacent to an activating group) is 1. The van der Waals surface area contributed by atoms with E-state index in [1.165, 1.54) is 31.0 Å². The molecule has 0 saturated carbocycles. The Morgan fingerprint density at radius 3 is 2.88 bits per heavy atom. The van der Waals surface area contributed by atoms with E-state index in [9.17, 15) is 0 Å². The second-order valence-electron chi connectivity index (χ2n) is 3.96. The van der Waals surface area contributed by atoms with E-state index in [0.717, 1.165) is 17.7 Å². The number of nitrogens with zero attached hydrogens (tertiary/aromatic N) is 2. The van der Waals surface area contributed by atoms with Gasteiger partial charge in [0.1, 0.15) is 5.69 Å². The number of hydrogen-bond donors (Lipinski definition) is 1. The van der Waals surface area contributed by atoms with E-state index in [2.05, 4.69) is 27.6 Å². The molecular weight excluding hydrogens is 234 g/mol. The summed E-state index contributed by atoms with van der Waals surface area (Å²) < 4.78 is 14.0. The molecule has 0 spiro atoms. The number of nitrogens with one attached hydrogen (secondary N) is 1. The van der Waals surface area contributed by atoms with Crippen LogP contribution in [0.3, 0.4) is 0 Å². The van der Waals surface area contributed by atoms with Crippen LogP contribution in [0.5, 0.6) is 5.88 Å². The lowest BCUT2D eigenvalue weighted by molar-refractivity contribution is 0.295. The van der Waals surface area contributed by atoms with Crippen molar-refractivity contribution >= 4 is 17.3 Å². The topological polar surface area (TPSA) is 47.0 Å². The van der Waals surface area contributed by atoms with Crippen molar-refractivity contribution in [2.75, 3.05) is 20.2 Å². The molecule has 1 rings (SSSR count). The summed E-state index contributed by atoms with van der Waals surface area (Å²) in [5.74, 6) is 0.631. The first-order valence-electron chi connectivity index (χ1n) is 6.07. The van der Waals surface area contributed by atoms with Crippen LogP contribution in [-0.2, 0) is 0 Å². The van der Waals surface area contributed by atoms with Gasteiger partial charge in [0.15, 0.2) is 0 Å². The van der Waals surface area contributed by atoms with Crippen molar-refractivity contribution in [1.82, 2.24) is 14.1 Å². The second-order valence-corrected chi connectivity index (χ2v) is 4.49. The molecule has 96 valence electrons. The molecule has 0 atom stereocenters. The number of aromatic nitrogens is 2. The molecule has 0 saturated heterocycles. The van der Waals surface area contributed by atoms with Gasteiger partial charge in [-0.15, -0.1) is 4.37 Å². The van der Waals surface area contributed by atoms with Gasteiger partial charge in [-0.1, -0.05) is 32.8 Å². The van der Waals surface area contributed by atoms with Crippen molar-refractivity contribution < 1.29 is 4.74 Å². The molecule has 1 N–H and O–H groups in total. The molecule has 1 heterocycles. The number of rotatable bonds is 9. The molecule has 0 aliphatic heterocycles. The Hall–Kier alpha value is -0.940. The van der Waals surface area contributed by atoms with Crippen LogP contribution in [0.1, 0.15) is 38.3 Å². The Labute approximate surface area is 107 Å². The zero-order chi connectivity index (χ0) is 12.5. The van der Waals surface area contributed by atoms with E-state index in [1.54, 1.807) is 0 Å². The summed E-state index contributed by atoms with van der Waals surface area (Å²) in [5, 5.41) is 3.05. The van der Waals surface area contributed by atoms with E-state index in [-0.39, 0.29) is 0 Å². The van der Waals surface area contributed by atoms with Gasteiger partial charge >= 0.3 is 0 Å². The van der Waals surface area contributed by atoms with Gasteiger partial charge in [0.25, 0.3) is 5.88 Å². The van der Waals surface area contributed by atoms with Crippen molar-refractivity contribution in [2.24, 2.45) is 0 Å². The van der Waals surface area contributed by atoms with Crippen LogP contribution in [0.2, 0.25) is 0 Å². The van der Waals surface area contributed by atoms with Crippen molar-refractivity contribution in [1.29, 1.82) is 0 Å². The summed E-state index contributed by atoms with van der Waals surface area (Å²) in [4.78, 5) is 0. The molecule has 0 bridgehead atoms. The van der Waals surface area contributed by atoms with Crippen LogP contribution in [0.15, 0.2) is 6.58 Å². The van der Waals surface area contributed by atoms with Gasteiger partial charge in [-0.05, 0) is 19.0 Å². The van der Waals surface area contributed by atoms with Gasteiger partial charge < -0.3 is 10.1 Å². The van der Waals surface area contributed by atoms with Crippen molar-refractivity contribution in [2.45, 2.75) is 32.6 Å². The maximum atomic E-state index is 5.64. The van der Waals surface area contributed by atoms with Crippen LogP contribution >= 0.6 is 11.7 Å². The summed E-state index contributed by atoms with van der Waals surface area (Å²) in [7, 11) is 1.89. The number of unbranched alkanes of at least 4 members (excludes halogenated alkanes) is 3. The molecule has 4 nitrogen and oxygen atoms in total. The third kappa shape index (κ3) is 4.83. The Balaban J connectivity index is 2.38. The summed E-state index contributed by atoms with van der Waals surface area (Å²) in [6, 6.07) is 0. The molecule has 5 heteroatoms. The van der Waals surface area contributed by atoms with E-state index in [4.69, 9.17) is 4.74 Å². The normalized spacial score (nSPS) is 10.5. The van der Waals surface area contributed by atoms with Crippen LogP contribution in [0, 0.1) is 0 Å². The van der Waals surface area contributed by atoms with E-state index in [0.29, 0.717) is 19.0 Å².